The Hall–Kier alpha value is -2.10. The number of amides is 1. The predicted octanol–water partition coefficient (Wildman–Crippen LogP) is 1.43. The van der Waals surface area contributed by atoms with E-state index in [0.29, 0.717) is 13.1 Å². The smallest absolute Gasteiger partial charge is 0.232 e. The average Bonchev–Trinajstić information content (AvgIpc) is 2.89. The molecule has 0 N–H and O–H groups in total. The molecule has 0 unspecified atom stereocenters. The van der Waals surface area contributed by atoms with Gasteiger partial charge < -0.3 is 4.57 Å². The summed E-state index contributed by atoms with van der Waals surface area (Å²) in [5.74, 6) is 0.148. The first kappa shape index (κ1) is 9.15. The predicted molar refractivity (Wildman–Crippen MR) is 59.9 cm³/mol. The molecule has 1 aliphatic rings. The molecule has 0 saturated heterocycles. The monoisotopic (exact) mass is 213 g/mol. The van der Waals surface area contributed by atoms with Crippen molar-refractivity contribution in [1.29, 1.82) is 0 Å². The molecule has 1 aromatic carbocycles. The zero-order valence-electron chi connectivity index (χ0n) is 8.71. The van der Waals surface area contributed by atoms with Crippen LogP contribution in [0.2, 0.25) is 0 Å². The highest BCUT2D eigenvalue weighted by atomic mass is 16.2. The van der Waals surface area contributed by atoms with Gasteiger partial charge in [0.05, 0.1) is 12.7 Å². The number of carbonyl (C=O) groups excluding carboxylic acids is 1. The van der Waals surface area contributed by atoms with Crippen LogP contribution in [0.15, 0.2) is 43.0 Å². The maximum atomic E-state index is 11.8. The van der Waals surface area contributed by atoms with Gasteiger partial charge in [-0.1, -0.05) is 18.2 Å². The molecule has 4 heteroatoms. The van der Waals surface area contributed by atoms with Crippen LogP contribution in [-0.2, 0) is 17.9 Å². The van der Waals surface area contributed by atoms with Crippen LogP contribution < -0.4 is 4.90 Å². The highest BCUT2D eigenvalue weighted by Crippen LogP contribution is 2.28. The van der Waals surface area contributed by atoms with E-state index in [2.05, 4.69) is 4.98 Å². The van der Waals surface area contributed by atoms with Crippen molar-refractivity contribution < 1.29 is 4.79 Å². The number of imidazole rings is 1. The standard InChI is InChI=1S/C12H11N3O/c16-12-7-10-3-1-2-4-11(10)15(12)9-14-6-5-13-8-14/h1-6,8H,7,9H2. The summed E-state index contributed by atoms with van der Waals surface area (Å²) in [4.78, 5) is 17.6. The lowest BCUT2D eigenvalue weighted by Gasteiger charge is -2.17. The van der Waals surface area contributed by atoms with E-state index in [-0.39, 0.29) is 5.91 Å². The number of anilines is 1. The number of nitrogens with zero attached hydrogens (tertiary/aromatic N) is 3. The summed E-state index contributed by atoms with van der Waals surface area (Å²) in [6.45, 7) is 0.538. The van der Waals surface area contributed by atoms with Crippen LogP contribution in [0, 0.1) is 0 Å². The van der Waals surface area contributed by atoms with Crippen LogP contribution in [-0.4, -0.2) is 15.5 Å². The maximum Gasteiger partial charge on any atom is 0.232 e. The van der Waals surface area contributed by atoms with Crippen molar-refractivity contribution in [3.8, 4) is 0 Å². The number of hydrogen-bond acceptors (Lipinski definition) is 2. The van der Waals surface area contributed by atoms with E-state index in [0.717, 1.165) is 11.3 Å². The molecule has 0 bridgehead atoms. The number of para-hydroxylation sites is 1. The van der Waals surface area contributed by atoms with Gasteiger partial charge in [-0.3, -0.25) is 9.69 Å². The summed E-state index contributed by atoms with van der Waals surface area (Å²) >= 11 is 0. The Morgan fingerprint density at radius 3 is 3.00 bits per heavy atom. The number of fused-ring (bicyclic) bond motifs is 1. The zero-order chi connectivity index (χ0) is 11.0. The first-order valence-corrected chi connectivity index (χ1v) is 5.18. The molecule has 0 fully saturated rings. The van der Waals surface area contributed by atoms with E-state index in [1.165, 1.54) is 0 Å². The molecule has 0 spiro atoms. The second-order valence-corrected chi connectivity index (χ2v) is 3.85. The third kappa shape index (κ3) is 1.39. The lowest BCUT2D eigenvalue weighted by Crippen LogP contribution is -2.28. The van der Waals surface area contributed by atoms with Crippen LogP contribution >= 0.6 is 0 Å². The molecule has 4 nitrogen and oxygen atoms in total. The number of aromatic nitrogens is 2. The van der Waals surface area contributed by atoms with Gasteiger partial charge in [0.25, 0.3) is 0 Å². The molecule has 1 amide bonds. The van der Waals surface area contributed by atoms with Crippen LogP contribution in [0.25, 0.3) is 0 Å². The van der Waals surface area contributed by atoms with Crippen molar-refractivity contribution in [2.24, 2.45) is 0 Å². The quantitative estimate of drug-likeness (QED) is 0.756. The normalized spacial score (nSPS) is 14.2. The third-order valence-electron chi connectivity index (χ3n) is 2.79. The molecule has 80 valence electrons. The molecular formula is C12H11N3O. The number of carbonyl (C=O) groups is 1. The summed E-state index contributed by atoms with van der Waals surface area (Å²) in [5, 5.41) is 0. The molecule has 0 radical (unpaired) electrons. The molecule has 3 rings (SSSR count). The third-order valence-corrected chi connectivity index (χ3v) is 2.79. The van der Waals surface area contributed by atoms with Gasteiger partial charge in [-0.15, -0.1) is 0 Å². The van der Waals surface area contributed by atoms with Crippen LogP contribution in [0.5, 0.6) is 0 Å². The fourth-order valence-electron chi connectivity index (χ4n) is 2.01. The van der Waals surface area contributed by atoms with Gasteiger partial charge in [0.2, 0.25) is 5.91 Å². The van der Waals surface area contributed by atoms with Gasteiger partial charge in [-0.05, 0) is 11.6 Å². The van der Waals surface area contributed by atoms with Gasteiger partial charge in [-0.25, -0.2) is 4.98 Å². The van der Waals surface area contributed by atoms with Gasteiger partial charge in [0, 0.05) is 18.1 Å². The summed E-state index contributed by atoms with van der Waals surface area (Å²) in [6, 6.07) is 7.91. The average molecular weight is 213 g/mol. The minimum absolute atomic E-state index is 0.148. The topological polar surface area (TPSA) is 38.1 Å². The number of hydrogen-bond donors (Lipinski definition) is 0. The van der Waals surface area contributed by atoms with Crippen molar-refractivity contribution in [2.75, 3.05) is 4.90 Å². The van der Waals surface area contributed by atoms with E-state index in [4.69, 9.17) is 0 Å². The molecule has 2 heterocycles. The molecule has 1 aromatic heterocycles. The van der Waals surface area contributed by atoms with E-state index >= 15 is 0 Å². The van der Waals surface area contributed by atoms with E-state index < -0.39 is 0 Å². The second kappa shape index (κ2) is 3.48. The largest absolute Gasteiger partial charge is 0.319 e. The van der Waals surface area contributed by atoms with Crippen molar-refractivity contribution in [1.82, 2.24) is 9.55 Å². The highest BCUT2D eigenvalue weighted by molar-refractivity contribution is 6.00. The zero-order valence-corrected chi connectivity index (χ0v) is 8.71. The highest BCUT2D eigenvalue weighted by Gasteiger charge is 2.26. The molecular weight excluding hydrogens is 202 g/mol. The van der Waals surface area contributed by atoms with Gasteiger partial charge in [0.15, 0.2) is 0 Å². The first-order valence-electron chi connectivity index (χ1n) is 5.18. The Morgan fingerprint density at radius 2 is 2.19 bits per heavy atom. The van der Waals surface area contributed by atoms with Crippen LogP contribution in [0.4, 0.5) is 5.69 Å². The van der Waals surface area contributed by atoms with E-state index in [1.807, 2.05) is 35.0 Å². The Balaban J connectivity index is 1.93. The van der Waals surface area contributed by atoms with Crippen molar-refractivity contribution >= 4 is 11.6 Å². The molecule has 2 aromatic rings. The lowest BCUT2D eigenvalue weighted by atomic mass is 10.2. The lowest BCUT2D eigenvalue weighted by molar-refractivity contribution is -0.117. The fraction of sp³-hybridized carbons (Fsp3) is 0.167. The van der Waals surface area contributed by atoms with Crippen LogP contribution in [0.1, 0.15) is 5.56 Å². The van der Waals surface area contributed by atoms with E-state index in [1.54, 1.807) is 17.4 Å². The van der Waals surface area contributed by atoms with Crippen molar-refractivity contribution in [3.63, 3.8) is 0 Å². The van der Waals surface area contributed by atoms with Crippen molar-refractivity contribution in [3.05, 3.63) is 48.5 Å². The first-order chi connectivity index (χ1) is 7.84. The summed E-state index contributed by atoms with van der Waals surface area (Å²) in [6.07, 6.45) is 5.79. The molecule has 0 saturated carbocycles. The summed E-state index contributed by atoms with van der Waals surface area (Å²) in [5.41, 5.74) is 2.12. The Bertz CT molecular complexity index is 519. The number of rotatable bonds is 2. The summed E-state index contributed by atoms with van der Waals surface area (Å²) in [7, 11) is 0. The Morgan fingerprint density at radius 1 is 1.31 bits per heavy atom. The Kier molecular flexibility index (Phi) is 1.99. The van der Waals surface area contributed by atoms with Crippen LogP contribution in [0.3, 0.4) is 0 Å². The van der Waals surface area contributed by atoms with Gasteiger partial charge in [0.1, 0.15) is 6.67 Å². The SMILES string of the molecule is O=C1Cc2ccccc2N1Cn1ccnc1. The van der Waals surface area contributed by atoms with Gasteiger partial charge in [-0.2, -0.15) is 0 Å². The Labute approximate surface area is 93.1 Å². The second-order valence-electron chi connectivity index (χ2n) is 3.85. The van der Waals surface area contributed by atoms with Gasteiger partial charge >= 0.3 is 0 Å². The fourth-order valence-corrected chi connectivity index (χ4v) is 2.01. The molecule has 0 atom stereocenters. The number of benzene rings is 1. The molecule has 16 heavy (non-hydrogen) atoms. The summed E-state index contributed by atoms with van der Waals surface area (Å²) < 4.78 is 1.89. The van der Waals surface area contributed by atoms with E-state index in [9.17, 15) is 4.79 Å². The maximum absolute atomic E-state index is 11.8. The minimum Gasteiger partial charge on any atom is -0.319 e. The minimum atomic E-state index is 0.148. The van der Waals surface area contributed by atoms with Crippen molar-refractivity contribution in [2.45, 2.75) is 13.1 Å². The molecule has 1 aliphatic heterocycles. The molecule has 0 aliphatic carbocycles.